The van der Waals surface area contributed by atoms with Gasteiger partial charge in [-0.2, -0.15) is 0 Å². The van der Waals surface area contributed by atoms with Crippen molar-refractivity contribution in [1.29, 1.82) is 0 Å². The third-order valence-electron chi connectivity index (χ3n) is 5.47. The number of aromatic nitrogens is 1. The molecule has 0 aliphatic rings. The lowest BCUT2D eigenvalue weighted by molar-refractivity contribution is 0.0588. The minimum Gasteiger partial charge on any atom is -0.488 e. The van der Waals surface area contributed by atoms with Crippen molar-refractivity contribution in [3.63, 3.8) is 0 Å². The highest BCUT2D eigenvalue weighted by molar-refractivity contribution is 14.1. The first-order valence-corrected chi connectivity index (χ1v) is 12.3. The van der Waals surface area contributed by atoms with Crippen LogP contribution in [-0.4, -0.2) is 18.2 Å². The van der Waals surface area contributed by atoms with Crippen LogP contribution in [0.25, 0.3) is 11.3 Å². The van der Waals surface area contributed by atoms with E-state index in [4.69, 9.17) is 18.7 Å². The molecule has 0 bridgehead atoms. The molecule has 0 saturated carbocycles. The lowest BCUT2D eigenvalue weighted by Gasteiger charge is -2.19. The summed E-state index contributed by atoms with van der Waals surface area (Å²) < 4.78 is 23.5. The number of hydrogen-bond donors (Lipinski definition) is 0. The molecule has 4 rings (SSSR count). The zero-order valence-corrected chi connectivity index (χ0v) is 21.9. The molecule has 4 aromatic rings. The molecule has 0 saturated heterocycles. The van der Waals surface area contributed by atoms with Crippen molar-refractivity contribution in [3.8, 4) is 22.8 Å². The van der Waals surface area contributed by atoms with Gasteiger partial charge < -0.3 is 18.7 Å². The third kappa shape index (κ3) is 5.85. The van der Waals surface area contributed by atoms with Crippen molar-refractivity contribution in [1.82, 2.24) is 5.16 Å². The number of carbonyl (C=O) groups is 1. The predicted octanol–water partition coefficient (Wildman–Crippen LogP) is 7.01. The molecule has 35 heavy (non-hydrogen) atoms. The van der Waals surface area contributed by atoms with Gasteiger partial charge in [-0.05, 0) is 51.3 Å². The van der Waals surface area contributed by atoms with Crippen LogP contribution < -0.4 is 9.47 Å². The van der Waals surface area contributed by atoms with Crippen LogP contribution in [0.15, 0.2) is 77.3 Å². The van der Waals surface area contributed by atoms with Gasteiger partial charge in [0.15, 0.2) is 5.76 Å². The summed E-state index contributed by atoms with van der Waals surface area (Å²) in [6, 6.07) is 23.8. The SMILES string of the molecule is COC(=O)c1noc(-c2cc(C(C)C)c(OCc3ccccc3)cc2OCc2ccccc2)c1I. The van der Waals surface area contributed by atoms with Crippen LogP contribution in [0.5, 0.6) is 11.5 Å². The Morgan fingerprint density at radius 1 is 0.914 bits per heavy atom. The number of hydrogen-bond acceptors (Lipinski definition) is 6. The standard InChI is InChI=1S/C28H26INO5/c1-18(2)21-14-22(27-25(29)26(30-35-27)28(31)32-3)24(34-17-20-12-8-5-9-13-20)15-23(21)33-16-19-10-6-4-7-11-19/h4-15,18H,16-17H2,1-3H3. The van der Waals surface area contributed by atoms with Crippen LogP contribution in [-0.2, 0) is 18.0 Å². The fraction of sp³-hybridized carbons (Fsp3) is 0.214. The molecule has 0 spiro atoms. The number of carbonyl (C=O) groups excluding carboxylic acids is 1. The van der Waals surface area contributed by atoms with E-state index in [-0.39, 0.29) is 11.6 Å². The highest BCUT2D eigenvalue weighted by Gasteiger charge is 2.26. The first-order valence-electron chi connectivity index (χ1n) is 11.2. The fourth-order valence-corrected chi connectivity index (χ4v) is 4.30. The van der Waals surface area contributed by atoms with Crippen LogP contribution in [0.1, 0.15) is 46.9 Å². The molecule has 0 fully saturated rings. The number of methoxy groups -OCH3 is 1. The number of nitrogens with zero attached hydrogens (tertiary/aromatic N) is 1. The molecule has 0 atom stereocenters. The lowest BCUT2D eigenvalue weighted by Crippen LogP contribution is -2.04. The second-order valence-corrected chi connectivity index (χ2v) is 9.33. The second-order valence-electron chi connectivity index (χ2n) is 8.26. The summed E-state index contributed by atoms with van der Waals surface area (Å²) in [4.78, 5) is 12.1. The highest BCUT2D eigenvalue weighted by Crippen LogP contribution is 2.42. The first-order chi connectivity index (χ1) is 17.0. The Kier molecular flexibility index (Phi) is 8.07. The van der Waals surface area contributed by atoms with Crippen LogP contribution in [0.2, 0.25) is 0 Å². The molecular weight excluding hydrogens is 557 g/mol. The van der Waals surface area contributed by atoms with Crippen molar-refractivity contribution < 1.29 is 23.5 Å². The summed E-state index contributed by atoms with van der Waals surface area (Å²) in [5.41, 5.74) is 3.93. The molecule has 0 amide bonds. The predicted molar refractivity (Wildman–Crippen MR) is 142 cm³/mol. The smallest absolute Gasteiger partial charge is 0.361 e. The van der Waals surface area contributed by atoms with Crippen molar-refractivity contribution in [2.24, 2.45) is 0 Å². The molecular formula is C28H26INO5. The van der Waals surface area contributed by atoms with Gasteiger partial charge in [0.1, 0.15) is 24.7 Å². The normalized spacial score (nSPS) is 10.9. The monoisotopic (exact) mass is 583 g/mol. The van der Waals surface area contributed by atoms with Crippen LogP contribution >= 0.6 is 22.6 Å². The van der Waals surface area contributed by atoms with E-state index in [1.807, 2.05) is 72.8 Å². The van der Waals surface area contributed by atoms with Gasteiger partial charge in [-0.1, -0.05) is 79.7 Å². The molecule has 180 valence electrons. The summed E-state index contributed by atoms with van der Waals surface area (Å²) in [6.07, 6.45) is 0. The first kappa shape index (κ1) is 24.8. The van der Waals surface area contributed by atoms with Crippen LogP contribution in [0.4, 0.5) is 0 Å². The fourth-order valence-electron chi connectivity index (χ4n) is 3.59. The van der Waals surface area contributed by atoms with Gasteiger partial charge in [0.2, 0.25) is 5.69 Å². The molecule has 7 heteroatoms. The third-order valence-corrected chi connectivity index (χ3v) is 6.47. The van der Waals surface area contributed by atoms with Gasteiger partial charge in [0.05, 0.1) is 16.2 Å². The molecule has 0 radical (unpaired) electrons. The molecule has 0 aliphatic heterocycles. The zero-order chi connectivity index (χ0) is 24.8. The number of halogens is 1. The lowest BCUT2D eigenvalue weighted by atomic mass is 9.97. The van der Waals surface area contributed by atoms with Gasteiger partial charge in [0, 0.05) is 6.07 Å². The summed E-state index contributed by atoms with van der Waals surface area (Å²) in [6.45, 7) is 5.00. The maximum absolute atomic E-state index is 12.1. The molecule has 3 aromatic carbocycles. The minimum absolute atomic E-state index is 0.132. The van der Waals surface area contributed by atoms with E-state index in [0.29, 0.717) is 33.9 Å². The number of ether oxygens (including phenoxy) is 3. The minimum atomic E-state index is -0.553. The van der Waals surface area contributed by atoms with E-state index < -0.39 is 5.97 Å². The van der Waals surface area contributed by atoms with E-state index >= 15 is 0 Å². The quantitative estimate of drug-likeness (QED) is 0.156. The maximum atomic E-state index is 12.1. The molecule has 0 unspecified atom stereocenters. The number of rotatable bonds is 9. The Morgan fingerprint density at radius 2 is 1.49 bits per heavy atom. The van der Waals surface area contributed by atoms with E-state index in [1.54, 1.807) is 0 Å². The Labute approximate surface area is 218 Å². The van der Waals surface area contributed by atoms with Crippen LogP contribution in [0.3, 0.4) is 0 Å². The summed E-state index contributed by atoms with van der Waals surface area (Å²) in [5.74, 6) is 1.38. The van der Waals surface area contributed by atoms with E-state index in [1.165, 1.54) is 7.11 Å². The van der Waals surface area contributed by atoms with Gasteiger partial charge in [-0.15, -0.1) is 0 Å². The maximum Gasteiger partial charge on any atom is 0.361 e. The summed E-state index contributed by atoms with van der Waals surface area (Å²) in [7, 11) is 1.32. The Balaban J connectivity index is 1.76. The Hall–Kier alpha value is -3.33. The summed E-state index contributed by atoms with van der Waals surface area (Å²) >= 11 is 2.05. The van der Waals surface area contributed by atoms with Crippen molar-refractivity contribution in [2.75, 3.05) is 7.11 Å². The molecule has 1 aromatic heterocycles. The average molecular weight is 583 g/mol. The molecule has 0 N–H and O–H groups in total. The van der Waals surface area contributed by atoms with Crippen molar-refractivity contribution in [3.05, 3.63) is 98.8 Å². The zero-order valence-electron chi connectivity index (χ0n) is 19.8. The largest absolute Gasteiger partial charge is 0.488 e. The topological polar surface area (TPSA) is 70.8 Å². The Morgan fingerprint density at radius 3 is 2.03 bits per heavy atom. The van der Waals surface area contributed by atoms with Crippen LogP contribution in [0, 0.1) is 3.57 Å². The molecule has 6 nitrogen and oxygen atoms in total. The van der Waals surface area contributed by atoms with E-state index in [2.05, 4.69) is 41.6 Å². The summed E-state index contributed by atoms with van der Waals surface area (Å²) in [5, 5.41) is 3.95. The second kappa shape index (κ2) is 11.4. The van der Waals surface area contributed by atoms with E-state index in [9.17, 15) is 4.79 Å². The average Bonchev–Trinajstić information content (AvgIpc) is 3.27. The molecule has 1 heterocycles. The van der Waals surface area contributed by atoms with Crippen molar-refractivity contribution >= 4 is 28.6 Å². The van der Waals surface area contributed by atoms with Gasteiger partial charge >= 0.3 is 5.97 Å². The number of benzene rings is 3. The number of esters is 1. The van der Waals surface area contributed by atoms with Gasteiger partial charge in [0.25, 0.3) is 0 Å². The highest BCUT2D eigenvalue weighted by atomic mass is 127. The van der Waals surface area contributed by atoms with Crippen molar-refractivity contribution in [2.45, 2.75) is 33.0 Å². The Bertz CT molecular complexity index is 1290. The van der Waals surface area contributed by atoms with E-state index in [0.717, 1.165) is 22.4 Å². The van der Waals surface area contributed by atoms with Gasteiger partial charge in [-0.3, -0.25) is 0 Å². The van der Waals surface area contributed by atoms with Gasteiger partial charge in [-0.25, -0.2) is 4.79 Å². The molecule has 0 aliphatic carbocycles.